The number of unbranched alkanes of at least 4 members (excludes halogenated alkanes) is 3. The minimum Gasteiger partial charge on any atom is -0.384 e. The van der Waals surface area contributed by atoms with Gasteiger partial charge in [-0.15, -0.1) is 6.58 Å². The largest absolute Gasteiger partial charge is 0.384 e. The van der Waals surface area contributed by atoms with Gasteiger partial charge in [0.05, 0.1) is 23.4 Å². The molecule has 19 nitrogen and oxygen atoms in total. The number of hydrogen-bond donors (Lipinski definition) is 5. The van der Waals surface area contributed by atoms with E-state index in [1.54, 1.807) is 61.0 Å². The van der Waals surface area contributed by atoms with Gasteiger partial charge in [-0.2, -0.15) is 4.98 Å². The second kappa shape index (κ2) is 20.7. The third kappa shape index (κ3) is 10.5. The molecule has 0 radical (unpaired) electrons. The number of nitrogens with zero attached hydrogens (tertiary/aromatic N) is 8. The van der Waals surface area contributed by atoms with Crippen LogP contribution in [0.4, 0.5) is 23.0 Å². The highest BCUT2D eigenvalue weighted by atomic mass is 16.3. The second-order valence-electron chi connectivity index (χ2n) is 17.8. The molecule has 0 aliphatic carbocycles. The molecule has 3 aliphatic heterocycles. The van der Waals surface area contributed by atoms with Gasteiger partial charge in [-0.3, -0.25) is 43.9 Å². The van der Waals surface area contributed by atoms with Gasteiger partial charge in [-0.1, -0.05) is 31.1 Å². The summed E-state index contributed by atoms with van der Waals surface area (Å²) in [5, 5.41) is 22.8. The zero-order chi connectivity index (χ0) is 48.0. The SMILES string of the molecule is C=CCn1c(=O)c2cnc(Nc3ccc(N4CCN(CCCC(=O)NCCCCCCNc5cccc6c5C(=O)N(C5CCC(=O)NC5=O)C6=O)CC4)cc3)nc2n1-c1cccc(C(C)(C)O)n1. The summed E-state index contributed by atoms with van der Waals surface area (Å²) in [5.74, 6) is -1.30. The van der Waals surface area contributed by atoms with Crippen LogP contribution in [0.3, 0.4) is 0 Å². The molecular formula is C49H58N12O7. The van der Waals surface area contributed by atoms with Gasteiger partial charge in [0.2, 0.25) is 23.7 Å². The molecule has 6 heterocycles. The summed E-state index contributed by atoms with van der Waals surface area (Å²) in [7, 11) is 0. The highest BCUT2D eigenvalue weighted by Gasteiger charge is 2.45. The van der Waals surface area contributed by atoms with Crippen LogP contribution in [0.25, 0.3) is 16.9 Å². The van der Waals surface area contributed by atoms with E-state index >= 15 is 0 Å². The van der Waals surface area contributed by atoms with E-state index in [1.165, 1.54) is 10.9 Å². The summed E-state index contributed by atoms with van der Waals surface area (Å²) in [6.45, 7) is 12.9. The maximum Gasteiger partial charge on any atom is 0.278 e. The first-order valence-electron chi connectivity index (χ1n) is 23.3. The Kier molecular flexibility index (Phi) is 14.4. The molecule has 0 saturated carbocycles. The smallest absolute Gasteiger partial charge is 0.278 e. The van der Waals surface area contributed by atoms with E-state index in [2.05, 4.69) is 59.7 Å². The van der Waals surface area contributed by atoms with Gasteiger partial charge in [-0.25, -0.2) is 19.3 Å². The summed E-state index contributed by atoms with van der Waals surface area (Å²) >= 11 is 0. The number of piperidine rings is 1. The van der Waals surface area contributed by atoms with Crippen molar-refractivity contribution in [1.82, 2.24) is 44.7 Å². The van der Waals surface area contributed by atoms with E-state index in [4.69, 9.17) is 4.98 Å². The van der Waals surface area contributed by atoms with Crippen LogP contribution in [-0.2, 0) is 26.5 Å². The fourth-order valence-electron chi connectivity index (χ4n) is 8.87. The quantitative estimate of drug-likeness (QED) is 0.0419. The lowest BCUT2D eigenvalue weighted by molar-refractivity contribution is -0.136. The summed E-state index contributed by atoms with van der Waals surface area (Å²) in [5.41, 5.74) is 2.31. The lowest BCUT2D eigenvalue weighted by Crippen LogP contribution is -2.54. The molecule has 2 aromatic carbocycles. The van der Waals surface area contributed by atoms with Crippen molar-refractivity contribution < 1.29 is 29.1 Å². The molecule has 2 saturated heterocycles. The van der Waals surface area contributed by atoms with E-state index < -0.39 is 35.3 Å². The summed E-state index contributed by atoms with van der Waals surface area (Å²) in [6.07, 6.45) is 8.12. The van der Waals surface area contributed by atoms with Crippen LogP contribution in [0.1, 0.15) is 91.6 Å². The topological polar surface area (TPSA) is 229 Å². The lowest BCUT2D eigenvalue weighted by Gasteiger charge is -2.36. The highest BCUT2D eigenvalue weighted by Crippen LogP contribution is 2.33. The number of aliphatic hydroxyl groups is 1. The number of imide groups is 2. The number of fused-ring (bicyclic) bond motifs is 2. The van der Waals surface area contributed by atoms with Crippen molar-refractivity contribution in [1.29, 1.82) is 0 Å². The van der Waals surface area contributed by atoms with Gasteiger partial charge >= 0.3 is 0 Å². The van der Waals surface area contributed by atoms with Gasteiger partial charge < -0.3 is 26.0 Å². The predicted octanol–water partition coefficient (Wildman–Crippen LogP) is 4.23. The standard InChI is InChI=1S/C49H58N12O7/c1-4-25-59-45(65)35-31-52-48(56-43(35)61(59)39-15-10-14-38(54-39)49(2,3)68)53-32-17-19-33(20-18-32)58-29-27-57(28-30-58)26-11-16-40(62)51-24-8-6-5-7-23-50-36-13-9-12-34-42(36)47(67)60(46(34)66)37-21-22-41(63)55-44(37)64/h4,9-10,12-15,17-20,31,37,50,68H,1,5-8,11,16,21-30H2,2-3H3,(H,51,62)(H,52,53,56)(H,55,63,64). The normalized spacial score (nSPS) is 16.5. The van der Waals surface area contributed by atoms with Crippen LogP contribution in [0.15, 0.2) is 84.3 Å². The Labute approximate surface area is 393 Å². The highest BCUT2D eigenvalue weighted by molar-refractivity contribution is 6.25. The molecule has 356 valence electrons. The first kappa shape index (κ1) is 47.3. The van der Waals surface area contributed by atoms with E-state index in [0.717, 1.165) is 81.1 Å². The van der Waals surface area contributed by atoms with Crippen LogP contribution in [-0.4, -0.2) is 121 Å². The van der Waals surface area contributed by atoms with Crippen molar-refractivity contribution in [3.8, 4) is 5.82 Å². The number of hydrogen-bond acceptors (Lipinski definition) is 14. The minimum atomic E-state index is -1.18. The minimum absolute atomic E-state index is 0.0576. The number of rotatable bonds is 20. The van der Waals surface area contributed by atoms with Crippen molar-refractivity contribution in [2.24, 2.45) is 0 Å². The molecule has 0 bridgehead atoms. The molecule has 5 aromatic rings. The number of piperazine rings is 1. The number of allylic oxidation sites excluding steroid dienone is 1. The monoisotopic (exact) mass is 926 g/mol. The Bertz CT molecular complexity index is 2770. The average Bonchev–Trinajstić information content (AvgIpc) is 3.74. The van der Waals surface area contributed by atoms with Crippen LogP contribution >= 0.6 is 0 Å². The molecule has 1 unspecified atom stereocenters. The molecule has 8 rings (SSSR count). The van der Waals surface area contributed by atoms with E-state index in [0.29, 0.717) is 53.7 Å². The summed E-state index contributed by atoms with van der Waals surface area (Å²) < 4.78 is 3.12. The molecule has 2 fully saturated rings. The maximum absolute atomic E-state index is 13.4. The molecule has 5 amide bonds. The Hall–Kier alpha value is -7.25. The number of nitrogens with one attached hydrogen (secondary N) is 4. The van der Waals surface area contributed by atoms with Crippen LogP contribution < -0.4 is 31.7 Å². The van der Waals surface area contributed by atoms with Gasteiger partial charge in [0.15, 0.2) is 11.5 Å². The number of aromatic nitrogens is 5. The summed E-state index contributed by atoms with van der Waals surface area (Å²) in [6, 6.07) is 17.4. The second-order valence-corrected chi connectivity index (χ2v) is 17.8. The lowest BCUT2D eigenvalue weighted by atomic mass is 10.0. The summed E-state index contributed by atoms with van der Waals surface area (Å²) in [4.78, 5) is 95.9. The van der Waals surface area contributed by atoms with Crippen LogP contribution in [0.5, 0.6) is 0 Å². The van der Waals surface area contributed by atoms with Gasteiger partial charge in [0, 0.05) is 75.4 Å². The van der Waals surface area contributed by atoms with E-state index in [9.17, 15) is 33.9 Å². The Morgan fingerprint density at radius 2 is 1.65 bits per heavy atom. The fourth-order valence-corrected chi connectivity index (χ4v) is 8.87. The van der Waals surface area contributed by atoms with Crippen molar-refractivity contribution in [2.75, 3.05) is 61.3 Å². The number of anilines is 4. The number of amides is 5. The Morgan fingerprint density at radius 3 is 2.38 bits per heavy atom. The number of pyridine rings is 1. The van der Waals surface area contributed by atoms with Crippen LogP contribution in [0.2, 0.25) is 0 Å². The molecule has 19 heteroatoms. The van der Waals surface area contributed by atoms with Crippen molar-refractivity contribution in [3.63, 3.8) is 0 Å². The third-order valence-electron chi connectivity index (χ3n) is 12.5. The predicted molar refractivity (Wildman–Crippen MR) is 257 cm³/mol. The molecule has 68 heavy (non-hydrogen) atoms. The molecule has 5 N–H and O–H groups in total. The zero-order valence-electron chi connectivity index (χ0n) is 38.5. The zero-order valence-corrected chi connectivity index (χ0v) is 38.5. The molecule has 3 aliphatic rings. The number of benzene rings is 2. The van der Waals surface area contributed by atoms with E-state index in [-0.39, 0.29) is 42.0 Å². The molecular weight excluding hydrogens is 869 g/mol. The first-order valence-corrected chi connectivity index (χ1v) is 23.3. The van der Waals surface area contributed by atoms with E-state index in [1.807, 2.05) is 12.1 Å². The Morgan fingerprint density at radius 1 is 0.897 bits per heavy atom. The maximum atomic E-state index is 13.4. The number of carbonyl (C=O) groups is 5. The average molecular weight is 927 g/mol. The fraction of sp³-hybridized carbons (Fsp3) is 0.408. The third-order valence-corrected chi connectivity index (χ3v) is 12.5. The van der Waals surface area contributed by atoms with Gasteiger partial charge in [0.25, 0.3) is 17.4 Å². The van der Waals surface area contributed by atoms with Crippen molar-refractivity contribution in [3.05, 3.63) is 107 Å². The molecule has 0 spiro atoms. The van der Waals surface area contributed by atoms with Gasteiger partial charge in [-0.05, 0) is 94.6 Å². The van der Waals surface area contributed by atoms with Crippen molar-refractivity contribution >= 4 is 63.6 Å². The van der Waals surface area contributed by atoms with Gasteiger partial charge in [0.1, 0.15) is 17.0 Å². The molecule has 3 aromatic heterocycles. The van der Waals surface area contributed by atoms with Crippen molar-refractivity contribution in [2.45, 2.75) is 83.4 Å². The first-order chi connectivity index (χ1) is 32.8. The Balaban J connectivity index is 0.719. The molecule has 1 atom stereocenters. The number of carbonyl (C=O) groups excluding carboxylic acids is 5. The van der Waals surface area contributed by atoms with Crippen LogP contribution in [0, 0.1) is 0 Å².